The van der Waals surface area contributed by atoms with E-state index in [9.17, 15) is 0 Å². The van der Waals surface area contributed by atoms with Crippen molar-refractivity contribution in [2.45, 2.75) is 13.0 Å². The zero-order chi connectivity index (χ0) is 17.1. The molecular weight excluding hydrogens is 316 g/mol. The number of tetrazole rings is 1. The summed E-state index contributed by atoms with van der Waals surface area (Å²) in [6.07, 6.45) is 4.55. The number of fused-ring (bicyclic) bond motifs is 1. The number of benzene rings is 1. The van der Waals surface area contributed by atoms with Gasteiger partial charge < -0.3 is 4.90 Å². The first-order valence-corrected chi connectivity index (χ1v) is 8.32. The fourth-order valence-corrected chi connectivity index (χ4v) is 3.18. The van der Waals surface area contributed by atoms with Gasteiger partial charge >= 0.3 is 0 Å². The topological polar surface area (TPSA) is 86.2 Å². The van der Waals surface area contributed by atoms with Gasteiger partial charge in [-0.25, -0.2) is 0 Å². The van der Waals surface area contributed by atoms with Crippen LogP contribution in [0.1, 0.15) is 17.5 Å². The number of rotatable bonds is 3. The molecule has 1 fully saturated rings. The van der Waals surface area contributed by atoms with Gasteiger partial charge in [-0.3, -0.25) is 9.88 Å². The van der Waals surface area contributed by atoms with Gasteiger partial charge in [0, 0.05) is 32.7 Å². The second-order valence-electron chi connectivity index (χ2n) is 6.14. The van der Waals surface area contributed by atoms with Crippen molar-refractivity contribution in [2.24, 2.45) is 0 Å². The number of hydrogen-bond donors (Lipinski definition) is 0. The lowest BCUT2D eigenvalue weighted by Crippen LogP contribution is -2.31. The number of hydrogen-bond acceptors (Lipinski definition) is 7. The standard InChI is InChI=1S/C17H18N8/c18-10-14-2-4-15(5-3-14)13-23-6-1-7-24(9-8-23)17-12-19-11-16-20-21-22-25(16)17/h2-5,11-12H,1,6-9,13H2. The molecule has 1 aromatic carbocycles. The van der Waals surface area contributed by atoms with E-state index in [1.807, 2.05) is 30.5 Å². The molecule has 1 aliphatic rings. The third-order valence-electron chi connectivity index (χ3n) is 4.49. The van der Waals surface area contributed by atoms with Crippen LogP contribution in [0.4, 0.5) is 5.82 Å². The molecule has 8 heteroatoms. The molecule has 0 radical (unpaired) electrons. The highest BCUT2D eigenvalue weighted by Gasteiger charge is 2.18. The zero-order valence-electron chi connectivity index (χ0n) is 13.8. The fourth-order valence-electron chi connectivity index (χ4n) is 3.18. The van der Waals surface area contributed by atoms with Gasteiger partial charge in [-0.2, -0.15) is 9.78 Å². The summed E-state index contributed by atoms with van der Waals surface area (Å²) < 4.78 is 1.74. The van der Waals surface area contributed by atoms with Crippen molar-refractivity contribution < 1.29 is 0 Å². The van der Waals surface area contributed by atoms with Crippen molar-refractivity contribution in [3.63, 3.8) is 0 Å². The molecule has 3 heterocycles. The summed E-state index contributed by atoms with van der Waals surface area (Å²) in [6.45, 7) is 4.74. The van der Waals surface area contributed by atoms with Crippen LogP contribution in [-0.2, 0) is 6.54 Å². The minimum absolute atomic E-state index is 0.663. The largest absolute Gasteiger partial charge is 0.354 e. The molecule has 3 aromatic rings. The molecule has 2 aromatic heterocycles. The summed E-state index contributed by atoms with van der Waals surface area (Å²) in [5.74, 6) is 0.933. The molecular formula is C17H18N8. The monoisotopic (exact) mass is 334 g/mol. The maximum Gasteiger partial charge on any atom is 0.199 e. The zero-order valence-corrected chi connectivity index (χ0v) is 13.8. The molecule has 0 aliphatic carbocycles. The maximum absolute atomic E-state index is 8.90. The SMILES string of the molecule is N#Cc1ccc(CN2CCCN(c3cncc4nnnn34)CC2)cc1. The lowest BCUT2D eigenvalue weighted by Gasteiger charge is -2.23. The first kappa shape index (κ1) is 15.5. The quantitative estimate of drug-likeness (QED) is 0.709. The van der Waals surface area contributed by atoms with E-state index in [0.717, 1.165) is 45.0 Å². The summed E-state index contributed by atoms with van der Waals surface area (Å²) in [5, 5.41) is 20.6. The highest BCUT2D eigenvalue weighted by molar-refractivity contribution is 5.46. The molecule has 8 nitrogen and oxygen atoms in total. The van der Waals surface area contributed by atoms with E-state index in [2.05, 4.69) is 36.4 Å². The number of anilines is 1. The fraction of sp³-hybridized carbons (Fsp3) is 0.353. The van der Waals surface area contributed by atoms with E-state index in [1.165, 1.54) is 5.56 Å². The van der Waals surface area contributed by atoms with Crippen LogP contribution < -0.4 is 4.90 Å². The Morgan fingerprint density at radius 2 is 1.92 bits per heavy atom. The molecule has 0 bridgehead atoms. The van der Waals surface area contributed by atoms with Crippen LogP contribution in [0, 0.1) is 11.3 Å². The lowest BCUT2D eigenvalue weighted by atomic mass is 10.1. The number of nitrogens with zero attached hydrogens (tertiary/aromatic N) is 8. The Labute approximate surface area is 145 Å². The molecule has 0 N–H and O–H groups in total. The van der Waals surface area contributed by atoms with Crippen molar-refractivity contribution in [1.29, 1.82) is 5.26 Å². The Hall–Kier alpha value is -3.05. The van der Waals surface area contributed by atoms with E-state index < -0.39 is 0 Å². The highest BCUT2D eigenvalue weighted by Crippen LogP contribution is 2.17. The van der Waals surface area contributed by atoms with Gasteiger partial charge in [0.05, 0.1) is 24.0 Å². The molecule has 0 unspecified atom stereocenters. The van der Waals surface area contributed by atoms with Gasteiger partial charge in [-0.05, 0) is 34.5 Å². The Morgan fingerprint density at radius 3 is 2.76 bits per heavy atom. The van der Waals surface area contributed by atoms with Crippen molar-refractivity contribution in [3.05, 3.63) is 47.8 Å². The highest BCUT2D eigenvalue weighted by atomic mass is 15.5. The summed E-state index contributed by atoms with van der Waals surface area (Å²) in [7, 11) is 0. The molecule has 1 aliphatic heterocycles. The lowest BCUT2D eigenvalue weighted by molar-refractivity contribution is 0.285. The van der Waals surface area contributed by atoms with Crippen molar-refractivity contribution >= 4 is 11.5 Å². The van der Waals surface area contributed by atoms with Crippen LogP contribution in [0.2, 0.25) is 0 Å². The molecule has 0 spiro atoms. The summed E-state index contributed by atoms with van der Waals surface area (Å²) >= 11 is 0. The van der Waals surface area contributed by atoms with Crippen molar-refractivity contribution in [1.82, 2.24) is 29.9 Å². The number of aromatic nitrogens is 5. The molecule has 0 saturated carbocycles. The van der Waals surface area contributed by atoms with Gasteiger partial charge in [0.2, 0.25) is 0 Å². The summed E-state index contributed by atoms with van der Waals surface area (Å²) in [5.41, 5.74) is 2.60. The van der Waals surface area contributed by atoms with E-state index in [4.69, 9.17) is 5.26 Å². The Balaban J connectivity index is 1.45. The van der Waals surface area contributed by atoms with Gasteiger partial charge in [-0.1, -0.05) is 12.1 Å². The minimum Gasteiger partial charge on any atom is -0.354 e. The van der Waals surface area contributed by atoms with Crippen molar-refractivity contribution in [2.75, 3.05) is 31.1 Å². The van der Waals surface area contributed by atoms with Gasteiger partial charge in [0.25, 0.3) is 0 Å². The maximum atomic E-state index is 8.90. The molecule has 1 saturated heterocycles. The minimum atomic E-state index is 0.663. The van der Waals surface area contributed by atoms with Crippen LogP contribution in [-0.4, -0.2) is 56.1 Å². The van der Waals surface area contributed by atoms with E-state index in [1.54, 1.807) is 10.7 Å². The third-order valence-corrected chi connectivity index (χ3v) is 4.49. The van der Waals surface area contributed by atoms with Gasteiger partial charge in [-0.15, -0.1) is 5.10 Å². The summed E-state index contributed by atoms with van der Waals surface area (Å²) in [4.78, 5) is 8.97. The molecule has 0 atom stereocenters. The summed E-state index contributed by atoms with van der Waals surface area (Å²) in [6, 6.07) is 9.99. The predicted octanol–water partition coefficient (Wildman–Crippen LogP) is 1.10. The van der Waals surface area contributed by atoms with Gasteiger partial charge in [0.15, 0.2) is 11.5 Å². The van der Waals surface area contributed by atoms with Crippen LogP contribution in [0.25, 0.3) is 5.65 Å². The average molecular weight is 334 g/mol. The van der Waals surface area contributed by atoms with Crippen molar-refractivity contribution in [3.8, 4) is 6.07 Å². The van der Waals surface area contributed by atoms with Crippen LogP contribution in [0.5, 0.6) is 0 Å². The first-order chi connectivity index (χ1) is 12.3. The Morgan fingerprint density at radius 1 is 1.04 bits per heavy atom. The second kappa shape index (κ2) is 6.83. The Kier molecular flexibility index (Phi) is 4.23. The van der Waals surface area contributed by atoms with E-state index >= 15 is 0 Å². The van der Waals surface area contributed by atoms with E-state index in [0.29, 0.717) is 11.2 Å². The van der Waals surface area contributed by atoms with Crippen LogP contribution in [0.3, 0.4) is 0 Å². The van der Waals surface area contributed by atoms with Gasteiger partial charge in [0.1, 0.15) is 0 Å². The molecule has 25 heavy (non-hydrogen) atoms. The van der Waals surface area contributed by atoms with Crippen LogP contribution >= 0.6 is 0 Å². The first-order valence-electron chi connectivity index (χ1n) is 8.32. The second-order valence-corrected chi connectivity index (χ2v) is 6.14. The smallest absolute Gasteiger partial charge is 0.199 e. The number of nitriles is 1. The molecule has 0 amide bonds. The predicted molar refractivity (Wildman–Crippen MR) is 91.8 cm³/mol. The van der Waals surface area contributed by atoms with E-state index in [-0.39, 0.29) is 0 Å². The average Bonchev–Trinajstić information content (AvgIpc) is 3.02. The van der Waals surface area contributed by atoms with Crippen LogP contribution in [0.15, 0.2) is 36.7 Å². The molecule has 126 valence electrons. The molecule has 4 rings (SSSR count). The normalized spacial score (nSPS) is 15.9. The Bertz CT molecular complexity index is 895. The third kappa shape index (κ3) is 3.27.